The third-order valence-corrected chi connectivity index (χ3v) is 5.57. The highest BCUT2D eigenvalue weighted by Crippen LogP contribution is 2.27. The molecular formula is C24H21N3O9. The van der Waals surface area contributed by atoms with Gasteiger partial charge in [-0.15, -0.1) is 0 Å². The molecule has 0 radical (unpaired) electrons. The van der Waals surface area contributed by atoms with Gasteiger partial charge in [0.15, 0.2) is 0 Å². The van der Waals surface area contributed by atoms with Crippen LogP contribution in [0.15, 0.2) is 64.3 Å². The Balaban J connectivity index is 1.38. The van der Waals surface area contributed by atoms with Crippen LogP contribution in [0.3, 0.4) is 0 Å². The molecule has 1 aliphatic heterocycles. The van der Waals surface area contributed by atoms with Crippen LogP contribution in [-0.4, -0.2) is 39.1 Å². The highest BCUT2D eigenvalue weighted by Gasteiger charge is 2.29. The Labute approximate surface area is 203 Å². The van der Waals surface area contributed by atoms with E-state index in [1.807, 2.05) is 0 Å². The van der Waals surface area contributed by atoms with Gasteiger partial charge < -0.3 is 14.2 Å². The molecule has 1 saturated heterocycles. The average molecular weight is 495 g/mol. The summed E-state index contributed by atoms with van der Waals surface area (Å²) in [5.41, 5.74) is -0.909. The molecule has 1 aromatic heterocycles. The first kappa shape index (κ1) is 24.5. The Bertz CT molecular complexity index is 1430. The Kier molecular flexibility index (Phi) is 7.06. The first-order valence-corrected chi connectivity index (χ1v) is 10.9. The number of carbonyl (C=O) groups excluding carboxylic acids is 2. The van der Waals surface area contributed by atoms with E-state index in [2.05, 4.69) is 4.98 Å². The minimum atomic E-state index is -0.832. The molecule has 3 aromatic rings. The SMILES string of the molecule is Cc1cn([C@H]2CC[C@@H](COC(=O)c3ccccc3C(=O)Oc3ccc([N+](=O)[O-])cc3)O2)c(=O)[nH]c1=O. The number of H-pyrrole nitrogens is 1. The summed E-state index contributed by atoms with van der Waals surface area (Å²) < 4.78 is 17.7. The van der Waals surface area contributed by atoms with E-state index in [-0.39, 0.29) is 29.2 Å². The molecule has 0 aliphatic carbocycles. The number of nitrogens with zero attached hydrogens (tertiary/aromatic N) is 2. The van der Waals surface area contributed by atoms with Crippen molar-refractivity contribution in [2.45, 2.75) is 32.1 Å². The van der Waals surface area contributed by atoms with E-state index in [4.69, 9.17) is 14.2 Å². The lowest BCUT2D eigenvalue weighted by atomic mass is 10.1. The fourth-order valence-corrected chi connectivity index (χ4v) is 3.70. The van der Waals surface area contributed by atoms with Gasteiger partial charge in [-0.05, 0) is 44.0 Å². The van der Waals surface area contributed by atoms with Gasteiger partial charge in [0.2, 0.25) is 0 Å². The topological polar surface area (TPSA) is 160 Å². The second-order valence-electron chi connectivity index (χ2n) is 8.05. The fourth-order valence-electron chi connectivity index (χ4n) is 3.70. The van der Waals surface area contributed by atoms with E-state index in [0.29, 0.717) is 18.4 Å². The predicted octanol–water partition coefficient (Wildman–Crippen LogP) is 2.51. The Hall–Kier alpha value is -4.58. The Morgan fingerprint density at radius 1 is 1.08 bits per heavy atom. The largest absolute Gasteiger partial charge is 0.459 e. The Morgan fingerprint density at radius 2 is 1.75 bits per heavy atom. The lowest BCUT2D eigenvalue weighted by Crippen LogP contribution is -2.33. The molecule has 36 heavy (non-hydrogen) atoms. The van der Waals surface area contributed by atoms with Crippen LogP contribution in [0, 0.1) is 17.0 Å². The van der Waals surface area contributed by atoms with Crippen LogP contribution in [0.4, 0.5) is 5.69 Å². The summed E-state index contributed by atoms with van der Waals surface area (Å²) in [5, 5.41) is 10.8. The molecule has 1 aliphatic rings. The average Bonchev–Trinajstić information content (AvgIpc) is 3.34. The number of nitro benzene ring substituents is 1. The van der Waals surface area contributed by atoms with Gasteiger partial charge in [0.05, 0.1) is 22.2 Å². The summed E-state index contributed by atoms with van der Waals surface area (Å²) in [6.45, 7) is 1.46. The van der Waals surface area contributed by atoms with Gasteiger partial charge in [-0.25, -0.2) is 14.4 Å². The lowest BCUT2D eigenvalue weighted by molar-refractivity contribution is -0.384. The zero-order valence-electron chi connectivity index (χ0n) is 19.0. The van der Waals surface area contributed by atoms with Crippen molar-refractivity contribution in [1.29, 1.82) is 0 Å². The van der Waals surface area contributed by atoms with Gasteiger partial charge in [-0.1, -0.05) is 12.1 Å². The maximum Gasteiger partial charge on any atom is 0.344 e. The summed E-state index contributed by atoms with van der Waals surface area (Å²) in [6, 6.07) is 10.9. The number of carbonyl (C=O) groups is 2. The smallest absolute Gasteiger partial charge is 0.344 e. The summed E-state index contributed by atoms with van der Waals surface area (Å²) >= 11 is 0. The molecule has 1 N–H and O–H groups in total. The number of hydrogen-bond acceptors (Lipinski definition) is 9. The van der Waals surface area contributed by atoms with Crippen LogP contribution in [0.25, 0.3) is 0 Å². The number of nitrogens with one attached hydrogen (secondary N) is 1. The van der Waals surface area contributed by atoms with Gasteiger partial charge in [-0.2, -0.15) is 0 Å². The zero-order valence-corrected chi connectivity index (χ0v) is 19.0. The van der Waals surface area contributed by atoms with Crippen molar-refractivity contribution in [1.82, 2.24) is 9.55 Å². The summed E-state index contributed by atoms with van der Waals surface area (Å²) in [7, 11) is 0. The van der Waals surface area contributed by atoms with Crippen LogP contribution >= 0.6 is 0 Å². The number of aryl methyl sites for hydroxylation is 1. The first-order valence-electron chi connectivity index (χ1n) is 10.9. The number of non-ortho nitro benzene ring substituents is 1. The van der Waals surface area contributed by atoms with Crippen LogP contribution in [0.2, 0.25) is 0 Å². The maximum absolute atomic E-state index is 12.7. The monoisotopic (exact) mass is 495 g/mol. The summed E-state index contributed by atoms with van der Waals surface area (Å²) in [5.74, 6) is -1.52. The van der Waals surface area contributed by atoms with Gasteiger partial charge in [0.1, 0.15) is 18.6 Å². The Morgan fingerprint density at radius 3 is 2.42 bits per heavy atom. The van der Waals surface area contributed by atoms with Crippen molar-refractivity contribution in [3.8, 4) is 5.75 Å². The number of benzene rings is 2. The maximum atomic E-state index is 12.7. The standard InChI is InChI=1S/C24H21N3O9/c1-14-12-26(24(31)25-21(14)28)20-11-10-17(35-20)13-34-22(29)18-4-2-3-5-19(18)23(30)36-16-8-6-15(7-9-16)27(32)33/h2-9,12,17,20H,10-11,13H2,1H3,(H,25,28,31)/t17-,20+/m0/s1. The highest BCUT2D eigenvalue weighted by molar-refractivity contribution is 6.03. The van der Waals surface area contributed by atoms with Gasteiger partial charge in [0, 0.05) is 23.9 Å². The molecule has 1 fully saturated rings. The molecule has 2 heterocycles. The van der Waals surface area contributed by atoms with Crippen molar-refractivity contribution in [2.24, 2.45) is 0 Å². The third-order valence-electron chi connectivity index (χ3n) is 5.57. The van der Waals surface area contributed by atoms with E-state index >= 15 is 0 Å². The minimum Gasteiger partial charge on any atom is -0.459 e. The normalized spacial score (nSPS) is 16.9. The molecular weight excluding hydrogens is 474 g/mol. The second kappa shape index (κ2) is 10.4. The molecule has 12 heteroatoms. The number of nitro groups is 1. The molecule has 0 bridgehead atoms. The van der Waals surface area contributed by atoms with Crippen molar-refractivity contribution in [3.05, 3.63) is 102 Å². The van der Waals surface area contributed by atoms with Crippen molar-refractivity contribution in [2.75, 3.05) is 6.61 Å². The van der Waals surface area contributed by atoms with E-state index in [1.165, 1.54) is 47.2 Å². The number of aromatic amines is 1. The highest BCUT2D eigenvalue weighted by atomic mass is 16.6. The second-order valence-corrected chi connectivity index (χ2v) is 8.05. The van der Waals surface area contributed by atoms with Gasteiger partial charge in [0.25, 0.3) is 11.2 Å². The van der Waals surface area contributed by atoms with Crippen LogP contribution in [0.1, 0.15) is 45.3 Å². The third kappa shape index (κ3) is 5.39. The van der Waals surface area contributed by atoms with Crippen LogP contribution in [0.5, 0.6) is 5.75 Å². The lowest BCUT2D eigenvalue weighted by Gasteiger charge is -2.16. The molecule has 2 aromatic carbocycles. The van der Waals surface area contributed by atoms with Crippen molar-refractivity contribution >= 4 is 17.6 Å². The number of ether oxygens (including phenoxy) is 3. The summed E-state index contributed by atoms with van der Waals surface area (Å²) in [6.07, 6.45) is 1.31. The summed E-state index contributed by atoms with van der Waals surface area (Å²) in [4.78, 5) is 61.5. The number of esters is 2. The molecule has 0 spiro atoms. The number of aromatic nitrogens is 2. The van der Waals surface area contributed by atoms with E-state index in [9.17, 15) is 29.3 Å². The van der Waals surface area contributed by atoms with E-state index in [1.54, 1.807) is 19.1 Å². The number of hydrogen-bond donors (Lipinski definition) is 1. The van der Waals surface area contributed by atoms with Crippen molar-refractivity contribution < 1.29 is 28.7 Å². The first-order chi connectivity index (χ1) is 17.2. The van der Waals surface area contributed by atoms with E-state index < -0.39 is 40.4 Å². The molecule has 12 nitrogen and oxygen atoms in total. The van der Waals surface area contributed by atoms with E-state index in [0.717, 1.165) is 0 Å². The zero-order chi connectivity index (χ0) is 25.8. The number of rotatable bonds is 7. The fraction of sp³-hybridized carbons (Fsp3) is 0.250. The van der Waals surface area contributed by atoms with Crippen LogP contribution in [-0.2, 0) is 9.47 Å². The molecule has 0 unspecified atom stereocenters. The van der Waals surface area contributed by atoms with Gasteiger partial charge in [-0.3, -0.25) is 24.5 Å². The quantitative estimate of drug-likeness (QED) is 0.225. The predicted molar refractivity (Wildman–Crippen MR) is 124 cm³/mol. The van der Waals surface area contributed by atoms with Crippen molar-refractivity contribution in [3.63, 3.8) is 0 Å². The molecule has 186 valence electrons. The van der Waals surface area contributed by atoms with Crippen LogP contribution < -0.4 is 16.0 Å². The molecule has 2 atom stereocenters. The minimum absolute atomic E-state index is 0.0218. The molecule has 0 saturated carbocycles. The molecule has 0 amide bonds. The van der Waals surface area contributed by atoms with Gasteiger partial charge >= 0.3 is 17.6 Å². The molecule has 4 rings (SSSR count).